The Balaban J connectivity index is 0. The second kappa shape index (κ2) is 9.33. The summed E-state index contributed by atoms with van der Waals surface area (Å²) in [5, 5.41) is 0. The third-order valence-electron chi connectivity index (χ3n) is 0. The Kier molecular flexibility index (Phi) is 20.6. The molecule has 4 heteroatoms. The summed E-state index contributed by atoms with van der Waals surface area (Å²) in [4.78, 5) is 0. The van der Waals surface area contributed by atoms with E-state index in [1.807, 2.05) is 0 Å². The Labute approximate surface area is 41.2 Å². The van der Waals surface area contributed by atoms with Gasteiger partial charge in [0.25, 0.3) is 0 Å². The van der Waals surface area contributed by atoms with Crippen molar-refractivity contribution in [3.63, 3.8) is 0 Å². The summed E-state index contributed by atoms with van der Waals surface area (Å²) in [6.07, 6.45) is 0. The van der Waals surface area contributed by atoms with Crippen molar-refractivity contribution in [1.29, 1.82) is 0 Å². The van der Waals surface area contributed by atoms with Crippen LogP contribution in [0.25, 0.3) is 0 Å². The van der Waals surface area contributed by atoms with Crippen molar-refractivity contribution in [2.24, 2.45) is 0 Å². The van der Waals surface area contributed by atoms with Crippen LogP contribution in [0.2, 0.25) is 0 Å². The molecule has 0 rings (SSSR count). The molecule has 0 bridgehead atoms. The van der Waals surface area contributed by atoms with E-state index in [1.54, 1.807) is 7.44 Å². The van der Waals surface area contributed by atoms with Gasteiger partial charge >= 0.3 is 0 Å². The summed E-state index contributed by atoms with van der Waals surface area (Å²) in [7, 11) is 1.15. The fraction of sp³-hybridized carbons (Fsp3) is 0. The van der Waals surface area contributed by atoms with Gasteiger partial charge in [-0.05, 0) is 0 Å². The van der Waals surface area contributed by atoms with Gasteiger partial charge in [-0.15, -0.1) is 0 Å². The van der Waals surface area contributed by atoms with Crippen molar-refractivity contribution in [3.05, 3.63) is 0 Å². The van der Waals surface area contributed by atoms with Crippen LogP contribution in [0.15, 0.2) is 0 Å². The maximum absolute atomic E-state index is 9.01. The summed E-state index contributed by atoms with van der Waals surface area (Å²) < 4.78 is 9.01. The average Bonchev–Trinajstić information content (AvgIpc) is 0.918. The van der Waals surface area contributed by atoms with Crippen LogP contribution in [-0.4, -0.2) is 16.7 Å². The summed E-state index contributed by atoms with van der Waals surface area (Å²) in [6.45, 7) is 0. The van der Waals surface area contributed by atoms with Gasteiger partial charge in [0.05, 0.1) is 0 Å². The second-order valence-electron chi connectivity index (χ2n) is 0.236. The zero-order chi connectivity index (χ0) is 2.71. The normalized spacial score (nSPS) is 3.00. The quantitative estimate of drug-likeness (QED) is 0.352. The standard InChI is InChI=1S/BH3OSi.Zn/c1-3-2;/h3H,1H2;. The molecule has 0 aromatic rings. The Morgan fingerprint density at radius 3 is 1.75 bits per heavy atom. The predicted octanol–water partition coefficient (Wildman–Crippen LogP) is -1.69. The molecule has 1 nitrogen and oxygen atoms in total. The first-order valence-corrected chi connectivity index (χ1v) is 2.44. The van der Waals surface area contributed by atoms with E-state index in [4.69, 9.17) is 4.46 Å². The largest absolute Gasteiger partial charge is 0.403 e. The van der Waals surface area contributed by atoms with Crippen molar-refractivity contribution >= 4 is 16.7 Å². The van der Waals surface area contributed by atoms with Crippen LogP contribution in [-0.2, 0) is 23.9 Å². The van der Waals surface area contributed by atoms with E-state index in [9.17, 15) is 0 Å². The summed E-state index contributed by atoms with van der Waals surface area (Å²) in [6, 6.07) is 0. The summed E-state index contributed by atoms with van der Waals surface area (Å²) in [5.41, 5.74) is 0. The number of hydrogen-bond acceptors (Lipinski definition) is 1. The zero-order valence-corrected chi connectivity index (χ0v) is 6.81. The molecule has 0 aliphatic heterocycles. The molecule has 0 atom stereocenters. The SMILES string of the molecule is B[SiH]=O.[Zn]. The zero-order valence-electron chi connectivity index (χ0n) is 2.69. The van der Waals surface area contributed by atoms with Gasteiger partial charge in [-0.3, -0.25) is 0 Å². The van der Waals surface area contributed by atoms with Crippen LogP contribution >= 0.6 is 0 Å². The van der Waals surface area contributed by atoms with Crippen molar-refractivity contribution in [2.45, 2.75) is 0 Å². The fourth-order valence-corrected chi connectivity index (χ4v) is 0. The fourth-order valence-electron chi connectivity index (χ4n) is 0. The topological polar surface area (TPSA) is 17.1 Å². The van der Waals surface area contributed by atoms with E-state index in [0.29, 0.717) is 0 Å². The smallest absolute Gasteiger partial charge is 0.208 e. The molecule has 0 amide bonds. The van der Waals surface area contributed by atoms with Crippen LogP contribution < -0.4 is 0 Å². The van der Waals surface area contributed by atoms with Crippen molar-refractivity contribution < 1.29 is 23.9 Å². The molecule has 0 saturated heterocycles. The van der Waals surface area contributed by atoms with Crippen LogP contribution in [0.5, 0.6) is 0 Å². The first-order valence-electron chi connectivity index (χ1n) is 0.813. The third-order valence-corrected chi connectivity index (χ3v) is 0. The molecule has 0 unspecified atom stereocenters. The van der Waals surface area contributed by atoms with Gasteiger partial charge in [-0.2, -0.15) is 0 Å². The first kappa shape index (κ1) is 8.83. The van der Waals surface area contributed by atoms with Gasteiger partial charge in [0, 0.05) is 19.5 Å². The van der Waals surface area contributed by atoms with Crippen molar-refractivity contribution in [2.75, 3.05) is 0 Å². The van der Waals surface area contributed by atoms with Gasteiger partial charge < -0.3 is 4.46 Å². The van der Waals surface area contributed by atoms with Gasteiger partial charge in [0.2, 0.25) is 9.28 Å². The van der Waals surface area contributed by atoms with E-state index in [2.05, 4.69) is 0 Å². The summed E-state index contributed by atoms with van der Waals surface area (Å²) in [5.74, 6) is 0. The maximum Gasteiger partial charge on any atom is 0.208 e. The molecular weight excluding hydrogens is 120 g/mol. The second-order valence-corrected chi connectivity index (χ2v) is 0.707. The minimum absolute atomic E-state index is 0. The molecule has 4 heavy (non-hydrogen) atoms. The Bertz CT molecular complexity index is 15.5. The molecule has 0 N–H and O–H groups in total. The molecule has 0 saturated carbocycles. The molecule has 0 aliphatic rings. The van der Waals surface area contributed by atoms with Gasteiger partial charge in [-0.25, -0.2) is 0 Å². The third kappa shape index (κ3) is 15.8. The molecule has 0 heterocycles. The molecule has 0 aromatic carbocycles. The summed E-state index contributed by atoms with van der Waals surface area (Å²) >= 11 is 0. The molecule has 0 fully saturated rings. The Morgan fingerprint density at radius 1 is 1.75 bits per heavy atom. The van der Waals surface area contributed by atoms with E-state index < -0.39 is 9.28 Å². The first-order chi connectivity index (χ1) is 1.41. The minimum Gasteiger partial charge on any atom is -0.403 e. The molecule has 0 aliphatic carbocycles. The predicted molar refractivity (Wildman–Crippen MR) is 16.4 cm³/mol. The molecule has 0 radical (unpaired) electrons. The average molecular weight is 123 g/mol. The van der Waals surface area contributed by atoms with Crippen molar-refractivity contribution in [3.8, 4) is 0 Å². The van der Waals surface area contributed by atoms with E-state index in [-0.39, 0.29) is 19.5 Å². The van der Waals surface area contributed by atoms with Gasteiger partial charge in [-0.1, -0.05) is 0 Å². The molecule has 0 aromatic heterocycles. The van der Waals surface area contributed by atoms with Crippen LogP contribution in [0.1, 0.15) is 0 Å². The molecule has 0 spiro atoms. The number of rotatable bonds is 0. The van der Waals surface area contributed by atoms with Gasteiger partial charge in [0.1, 0.15) is 0 Å². The Hall–Kier alpha value is 0.705. The minimum atomic E-state index is -0.500. The van der Waals surface area contributed by atoms with Crippen LogP contribution in [0.4, 0.5) is 0 Å². The van der Waals surface area contributed by atoms with Gasteiger partial charge in [0.15, 0.2) is 7.44 Å². The van der Waals surface area contributed by atoms with Crippen molar-refractivity contribution in [1.82, 2.24) is 0 Å². The molecular formula is H3BOSiZn. The van der Waals surface area contributed by atoms with E-state index >= 15 is 0 Å². The number of hydrogen-bond donors (Lipinski definition) is 0. The van der Waals surface area contributed by atoms with Crippen LogP contribution in [0, 0.1) is 0 Å². The Morgan fingerprint density at radius 2 is 1.75 bits per heavy atom. The monoisotopic (exact) mass is 122 g/mol. The van der Waals surface area contributed by atoms with E-state index in [1.165, 1.54) is 0 Å². The van der Waals surface area contributed by atoms with E-state index in [0.717, 1.165) is 0 Å². The van der Waals surface area contributed by atoms with Crippen LogP contribution in [0.3, 0.4) is 0 Å². The molecule has 18 valence electrons. The maximum atomic E-state index is 9.01.